The Bertz CT molecular complexity index is 1090. The molecule has 3 aromatic rings. The molecule has 0 saturated carbocycles. The van der Waals surface area contributed by atoms with Crippen LogP contribution in [0.4, 0.5) is 11.4 Å². The van der Waals surface area contributed by atoms with E-state index in [-0.39, 0.29) is 17.8 Å². The zero-order chi connectivity index (χ0) is 21.1. The van der Waals surface area contributed by atoms with Crippen molar-refractivity contribution in [3.8, 4) is 17.2 Å². The van der Waals surface area contributed by atoms with E-state index in [9.17, 15) is 4.79 Å². The maximum atomic E-state index is 12.5. The minimum atomic E-state index is 0.0527. The number of hydrogen-bond acceptors (Lipinski definition) is 5. The largest absolute Gasteiger partial charge is 0.363 e. The van der Waals surface area contributed by atoms with E-state index >= 15 is 0 Å². The fourth-order valence-electron chi connectivity index (χ4n) is 4.02. The molecule has 0 saturated heterocycles. The Morgan fingerprint density at radius 3 is 2.47 bits per heavy atom. The number of anilines is 2. The van der Waals surface area contributed by atoms with Gasteiger partial charge in [-0.05, 0) is 29.7 Å². The molecule has 6 heteroatoms. The number of amides is 1. The predicted octanol–water partition coefficient (Wildman–Crippen LogP) is 4.17. The molecule has 1 atom stereocenters. The van der Waals surface area contributed by atoms with Crippen molar-refractivity contribution >= 4 is 17.3 Å². The Balaban J connectivity index is 1.79. The van der Waals surface area contributed by atoms with Crippen LogP contribution >= 0.6 is 0 Å². The molecule has 0 fully saturated rings. The topological polar surface area (TPSA) is 73.1 Å². The molecule has 1 unspecified atom stereocenters. The quantitative estimate of drug-likeness (QED) is 0.661. The third kappa shape index (κ3) is 3.74. The van der Waals surface area contributed by atoms with E-state index in [0.717, 1.165) is 42.0 Å². The summed E-state index contributed by atoms with van der Waals surface area (Å²) in [6.07, 6.45) is 4.21. The normalized spacial score (nSPS) is 15.4. The zero-order valence-corrected chi connectivity index (χ0v) is 17.1. The van der Waals surface area contributed by atoms with E-state index < -0.39 is 0 Å². The van der Waals surface area contributed by atoms with Gasteiger partial charge in [-0.2, -0.15) is 5.26 Å². The molecule has 0 N–H and O–H groups in total. The Morgan fingerprint density at radius 2 is 1.83 bits per heavy atom. The molecule has 1 aliphatic heterocycles. The Labute approximate surface area is 176 Å². The van der Waals surface area contributed by atoms with E-state index in [1.807, 2.05) is 41.3 Å². The molecule has 0 bridgehead atoms. The molecule has 0 spiro atoms. The fraction of sp³-hybridized carbons (Fsp3) is 0.250. The van der Waals surface area contributed by atoms with Crippen molar-refractivity contribution in [3.05, 3.63) is 72.3 Å². The van der Waals surface area contributed by atoms with Crippen molar-refractivity contribution in [2.45, 2.75) is 32.9 Å². The van der Waals surface area contributed by atoms with Gasteiger partial charge in [-0.15, -0.1) is 0 Å². The van der Waals surface area contributed by atoms with Gasteiger partial charge in [-0.1, -0.05) is 43.3 Å². The number of nitrogens with zero attached hydrogens (tertiary/aromatic N) is 5. The average Bonchev–Trinajstić information content (AvgIpc) is 2.79. The van der Waals surface area contributed by atoms with Crippen LogP contribution in [0.5, 0.6) is 0 Å². The molecule has 6 nitrogen and oxygen atoms in total. The molecule has 1 amide bonds. The first kappa shape index (κ1) is 19.6. The van der Waals surface area contributed by atoms with E-state index in [0.29, 0.717) is 0 Å². The zero-order valence-electron chi connectivity index (χ0n) is 17.1. The van der Waals surface area contributed by atoms with Crippen LogP contribution in [0.15, 0.2) is 60.9 Å². The SMILES string of the molecule is CCC1CN(Cc2ccccc2)c2cc(-c3cnc(C#N)nc3)ccc2N1C(C)=O. The molecule has 30 heavy (non-hydrogen) atoms. The summed E-state index contributed by atoms with van der Waals surface area (Å²) < 4.78 is 0. The summed E-state index contributed by atoms with van der Waals surface area (Å²) in [6, 6.07) is 18.5. The van der Waals surface area contributed by atoms with Gasteiger partial charge in [0.2, 0.25) is 11.7 Å². The first-order valence-corrected chi connectivity index (χ1v) is 10.1. The van der Waals surface area contributed by atoms with Crippen LogP contribution in [-0.4, -0.2) is 28.5 Å². The van der Waals surface area contributed by atoms with E-state index in [1.165, 1.54) is 5.56 Å². The number of aromatic nitrogens is 2. The maximum Gasteiger partial charge on any atom is 0.232 e. The summed E-state index contributed by atoms with van der Waals surface area (Å²) in [7, 11) is 0. The number of benzene rings is 2. The van der Waals surface area contributed by atoms with Crippen molar-refractivity contribution in [3.63, 3.8) is 0 Å². The van der Waals surface area contributed by atoms with Crippen LogP contribution in [-0.2, 0) is 11.3 Å². The highest BCUT2D eigenvalue weighted by molar-refractivity contribution is 5.98. The number of carbonyl (C=O) groups excluding carboxylic acids is 1. The van der Waals surface area contributed by atoms with Crippen LogP contribution in [0.1, 0.15) is 31.7 Å². The van der Waals surface area contributed by atoms with Crippen molar-refractivity contribution in [1.82, 2.24) is 9.97 Å². The highest BCUT2D eigenvalue weighted by atomic mass is 16.2. The van der Waals surface area contributed by atoms with Crippen LogP contribution in [0.3, 0.4) is 0 Å². The monoisotopic (exact) mass is 397 g/mol. The average molecular weight is 397 g/mol. The summed E-state index contributed by atoms with van der Waals surface area (Å²) in [4.78, 5) is 24.9. The first-order valence-electron chi connectivity index (χ1n) is 10.1. The molecule has 0 aliphatic carbocycles. The third-order valence-corrected chi connectivity index (χ3v) is 5.48. The summed E-state index contributed by atoms with van der Waals surface area (Å²) in [5.74, 6) is 0.202. The highest BCUT2D eigenvalue weighted by Gasteiger charge is 2.32. The summed E-state index contributed by atoms with van der Waals surface area (Å²) in [6.45, 7) is 5.28. The number of carbonyl (C=O) groups is 1. The van der Waals surface area contributed by atoms with Gasteiger partial charge in [-0.25, -0.2) is 9.97 Å². The maximum absolute atomic E-state index is 12.5. The van der Waals surface area contributed by atoms with E-state index in [1.54, 1.807) is 19.3 Å². The van der Waals surface area contributed by atoms with Crippen LogP contribution in [0.2, 0.25) is 0 Å². The molecular weight excluding hydrogens is 374 g/mol. The van der Waals surface area contributed by atoms with E-state index in [2.05, 4.69) is 40.0 Å². The van der Waals surface area contributed by atoms with Crippen molar-refractivity contribution in [1.29, 1.82) is 5.26 Å². The highest BCUT2D eigenvalue weighted by Crippen LogP contribution is 2.40. The lowest BCUT2D eigenvalue weighted by Gasteiger charge is -2.43. The second-order valence-corrected chi connectivity index (χ2v) is 7.43. The lowest BCUT2D eigenvalue weighted by Crippen LogP contribution is -2.50. The minimum Gasteiger partial charge on any atom is -0.363 e. The molecule has 150 valence electrons. The molecule has 2 heterocycles. The van der Waals surface area contributed by atoms with Gasteiger partial charge in [0.05, 0.1) is 17.4 Å². The number of rotatable bonds is 4. The van der Waals surface area contributed by atoms with Gasteiger partial charge in [0.15, 0.2) is 0 Å². The fourth-order valence-corrected chi connectivity index (χ4v) is 4.02. The van der Waals surface area contributed by atoms with Gasteiger partial charge in [-0.3, -0.25) is 4.79 Å². The predicted molar refractivity (Wildman–Crippen MR) is 117 cm³/mol. The molecule has 4 rings (SSSR count). The number of fused-ring (bicyclic) bond motifs is 1. The summed E-state index contributed by atoms with van der Waals surface area (Å²) in [5.41, 5.74) is 4.95. The lowest BCUT2D eigenvalue weighted by atomic mass is 10.00. The Hall–Kier alpha value is -3.72. The third-order valence-electron chi connectivity index (χ3n) is 5.48. The molecule has 0 radical (unpaired) electrons. The smallest absolute Gasteiger partial charge is 0.232 e. The molecule has 2 aromatic carbocycles. The van der Waals surface area contributed by atoms with Gasteiger partial charge in [0.1, 0.15) is 6.07 Å². The van der Waals surface area contributed by atoms with Gasteiger partial charge in [0, 0.05) is 38.0 Å². The van der Waals surface area contributed by atoms with E-state index in [4.69, 9.17) is 5.26 Å². The Morgan fingerprint density at radius 1 is 1.10 bits per heavy atom. The lowest BCUT2D eigenvalue weighted by molar-refractivity contribution is -0.117. The Kier molecular flexibility index (Phi) is 5.44. The number of hydrogen-bond donors (Lipinski definition) is 0. The van der Waals surface area contributed by atoms with Crippen LogP contribution < -0.4 is 9.80 Å². The number of nitriles is 1. The first-order chi connectivity index (χ1) is 14.6. The second-order valence-electron chi connectivity index (χ2n) is 7.43. The second kappa shape index (κ2) is 8.34. The van der Waals surface area contributed by atoms with Gasteiger partial charge >= 0.3 is 0 Å². The van der Waals surface area contributed by atoms with Gasteiger partial charge < -0.3 is 9.80 Å². The summed E-state index contributed by atoms with van der Waals surface area (Å²) >= 11 is 0. The molecule has 1 aliphatic rings. The van der Waals surface area contributed by atoms with Crippen molar-refractivity contribution in [2.24, 2.45) is 0 Å². The van der Waals surface area contributed by atoms with Crippen LogP contribution in [0, 0.1) is 11.3 Å². The summed E-state index contributed by atoms with van der Waals surface area (Å²) in [5, 5.41) is 8.94. The van der Waals surface area contributed by atoms with Crippen molar-refractivity contribution < 1.29 is 4.79 Å². The van der Waals surface area contributed by atoms with Crippen LogP contribution in [0.25, 0.3) is 11.1 Å². The van der Waals surface area contributed by atoms with Crippen molar-refractivity contribution in [2.75, 3.05) is 16.3 Å². The molecular formula is C24H23N5O. The van der Waals surface area contributed by atoms with Gasteiger partial charge in [0.25, 0.3) is 0 Å². The standard InChI is InChI=1S/C24H23N5O/c1-3-21-16-28(15-18-7-5-4-6-8-18)23-11-19(9-10-22(23)29(21)17(2)30)20-13-26-24(12-25)27-14-20/h4-11,13-14,21H,3,15-16H2,1-2H3. The minimum absolute atomic E-state index is 0.0527. The molecule has 1 aromatic heterocycles.